The second-order valence-corrected chi connectivity index (χ2v) is 8.37. The van der Waals surface area contributed by atoms with Crippen molar-refractivity contribution in [3.05, 3.63) is 35.9 Å². The van der Waals surface area contributed by atoms with Gasteiger partial charge in [0.25, 0.3) is 0 Å². The molecule has 0 aromatic heterocycles. The van der Waals surface area contributed by atoms with Crippen molar-refractivity contribution in [1.82, 2.24) is 0 Å². The molecule has 1 aromatic carbocycles. The van der Waals surface area contributed by atoms with E-state index >= 15 is 0 Å². The highest BCUT2D eigenvalue weighted by Gasteiger charge is 2.60. The molecule has 0 aliphatic heterocycles. The molecule has 0 bridgehead atoms. The van der Waals surface area contributed by atoms with Gasteiger partial charge in [0, 0.05) is 5.92 Å². The minimum Gasteiger partial charge on any atom is -0.376 e. The lowest BCUT2D eigenvalue weighted by atomic mass is 10.2. The van der Waals surface area contributed by atoms with E-state index in [1.807, 2.05) is 6.07 Å². The molecule has 0 N–H and O–H groups in total. The highest BCUT2D eigenvalue weighted by Crippen LogP contribution is 2.63. The van der Waals surface area contributed by atoms with Crippen molar-refractivity contribution in [1.29, 1.82) is 0 Å². The van der Waals surface area contributed by atoms with Crippen LogP contribution in [0.5, 0.6) is 0 Å². The number of benzene rings is 1. The largest absolute Gasteiger partial charge is 0.376 e. The van der Waals surface area contributed by atoms with Gasteiger partial charge >= 0.3 is 0 Å². The van der Waals surface area contributed by atoms with Crippen molar-refractivity contribution >= 4 is 31.9 Å². The van der Waals surface area contributed by atoms with E-state index in [4.69, 9.17) is 4.74 Å². The third kappa shape index (κ3) is 3.33. The molecular weight excluding hydrogens is 344 g/mol. The molecule has 1 saturated carbocycles. The second-order valence-electron chi connectivity index (χ2n) is 4.68. The Bertz CT molecular complexity index is 350. The summed E-state index contributed by atoms with van der Waals surface area (Å²) in [5.74, 6) is 1.31. The second kappa shape index (κ2) is 5.85. The first-order chi connectivity index (χ1) is 8.16. The van der Waals surface area contributed by atoms with E-state index in [-0.39, 0.29) is 3.23 Å². The van der Waals surface area contributed by atoms with E-state index in [2.05, 4.69) is 63.0 Å². The van der Waals surface area contributed by atoms with Gasteiger partial charge in [-0.05, 0) is 17.9 Å². The molecule has 0 saturated heterocycles. The Hall–Kier alpha value is 0.140. The Morgan fingerprint density at radius 3 is 2.53 bits per heavy atom. The molecule has 17 heavy (non-hydrogen) atoms. The van der Waals surface area contributed by atoms with E-state index in [1.54, 1.807) is 0 Å². The summed E-state index contributed by atoms with van der Waals surface area (Å²) < 4.78 is 5.93. The van der Waals surface area contributed by atoms with Crippen LogP contribution in [0.25, 0.3) is 0 Å². The average Bonchev–Trinajstić information content (AvgIpc) is 2.83. The van der Waals surface area contributed by atoms with E-state index in [0.29, 0.717) is 18.4 Å². The molecule has 94 valence electrons. The van der Waals surface area contributed by atoms with Crippen LogP contribution in [0.2, 0.25) is 0 Å². The molecule has 0 spiro atoms. The first kappa shape index (κ1) is 13.6. The van der Waals surface area contributed by atoms with Crippen LogP contribution >= 0.6 is 31.9 Å². The van der Waals surface area contributed by atoms with Crippen LogP contribution in [0.1, 0.15) is 25.3 Å². The lowest BCUT2D eigenvalue weighted by molar-refractivity contribution is 0.107. The van der Waals surface area contributed by atoms with Gasteiger partial charge in [0.1, 0.15) is 0 Å². The Morgan fingerprint density at radius 2 is 1.88 bits per heavy atom. The monoisotopic (exact) mass is 360 g/mol. The lowest BCUT2D eigenvalue weighted by Crippen LogP contribution is -2.01. The van der Waals surface area contributed by atoms with Gasteiger partial charge in [0.05, 0.1) is 16.4 Å². The van der Waals surface area contributed by atoms with Gasteiger partial charge in [-0.1, -0.05) is 75.5 Å². The van der Waals surface area contributed by atoms with Crippen molar-refractivity contribution in [2.75, 3.05) is 6.61 Å². The van der Waals surface area contributed by atoms with Gasteiger partial charge in [-0.3, -0.25) is 0 Å². The topological polar surface area (TPSA) is 9.23 Å². The van der Waals surface area contributed by atoms with Gasteiger partial charge in [0.2, 0.25) is 0 Å². The lowest BCUT2D eigenvalue weighted by Gasteiger charge is -2.04. The first-order valence-electron chi connectivity index (χ1n) is 6.15. The standard InChI is InChI=1S/C14H18Br2O/c1-2-6-12-13(14(12,15)16)10-17-9-11-7-4-3-5-8-11/h3-5,7-8,12-13H,2,6,9-10H2,1H3/t12-,13+/m1/s1. The first-order valence-corrected chi connectivity index (χ1v) is 7.74. The van der Waals surface area contributed by atoms with E-state index in [1.165, 1.54) is 18.4 Å². The Kier molecular flexibility index (Phi) is 4.67. The van der Waals surface area contributed by atoms with Gasteiger partial charge in [-0.25, -0.2) is 0 Å². The average molecular weight is 362 g/mol. The van der Waals surface area contributed by atoms with Crippen LogP contribution in [0.3, 0.4) is 0 Å². The van der Waals surface area contributed by atoms with E-state index in [9.17, 15) is 0 Å². The Balaban J connectivity index is 1.73. The van der Waals surface area contributed by atoms with Crippen molar-refractivity contribution in [2.24, 2.45) is 11.8 Å². The summed E-state index contributed by atoms with van der Waals surface area (Å²) in [6, 6.07) is 10.3. The van der Waals surface area contributed by atoms with Crippen LogP contribution in [-0.4, -0.2) is 9.84 Å². The maximum absolute atomic E-state index is 5.80. The van der Waals surface area contributed by atoms with Crippen molar-refractivity contribution in [3.8, 4) is 0 Å². The number of hydrogen-bond acceptors (Lipinski definition) is 1. The molecule has 2 rings (SSSR count). The molecule has 0 unspecified atom stereocenters. The molecule has 1 aliphatic carbocycles. The van der Waals surface area contributed by atoms with Crippen LogP contribution < -0.4 is 0 Å². The highest BCUT2D eigenvalue weighted by molar-refractivity contribution is 9.25. The van der Waals surface area contributed by atoms with Crippen LogP contribution in [0.15, 0.2) is 30.3 Å². The maximum Gasteiger partial charge on any atom is 0.0891 e. The fourth-order valence-electron chi connectivity index (χ4n) is 2.27. The summed E-state index contributed by atoms with van der Waals surface area (Å²) in [5, 5.41) is 0. The maximum atomic E-state index is 5.80. The zero-order chi connectivity index (χ0) is 12.3. The number of ether oxygens (including phenoxy) is 1. The molecule has 0 radical (unpaired) electrons. The van der Waals surface area contributed by atoms with Crippen LogP contribution in [0, 0.1) is 11.8 Å². The summed E-state index contributed by atoms with van der Waals surface area (Å²) >= 11 is 7.49. The SMILES string of the molecule is CCC[C@@H]1[C@H](COCc2ccccc2)C1(Br)Br. The molecule has 1 fully saturated rings. The number of alkyl halides is 2. The van der Waals surface area contributed by atoms with Crippen LogP contribution in [0.4, 0.5) is 0 Å². The van der Waals surface area contributed by atoms with Gasteiger partial charge in [-0.15, -0.1) is 0 Å². The number of halogens is 2. The quantitative estimate of drug-likeness (QED) is 0.665. The molecule has 1 aliphatic rings. The molecule has 1 nitrogen and oxygen atoms in total. The molecule has 0 heterocycles. The van der Waals surface area contributed by atoms with Crippen molar-refractivity contribution in [2.45, 2.75) is 29.6 Å². The third-order valence-corrected chi connectivity index (χ3v) is 5.73. The van der Waals surface area contributed by atoms with Crippen LogP contribution in [-0.2, 0) is 11.3 Å². The number of hydrogen-bond donors (Lipinski definition) is 0. The summed E-state index contributed by atoms with van der Waals surface area (Å²) in [6.07, 6.45) is 2.49. The number of rotatable bonds is 6. The zero-order valence-electron chi connectivity index (χ0n) is 10.0. The molecule has 0 amide bonds. The minimum atomic E-state index is 0.132. The van der Waals surface area contributed by atoms with Crippen molar-refractivity contribution in [3.63, 3.8) is 0 Å². The molecule has 2 atom stereocenters. The predicted octanol–water partition coefficient (Wildman–Crippen LogP) is 4.74. The normalized spacial score (nSPS) is 25.8. The summed E-state index contributed by atoms with van der Waals surface area (Å²) in [5.41, 5.74) is 1.25. The van der Waals surface area contributed by atoms with Gasteiger partial charge in [0.15, 0.2) is 0 Å². The molecule has 1 aromatic rings. The Morgan fingerprint density at radius 1 is 1.18 bits per heavy atom. The highest BCUT2D eigenvalue weighted by atomic mass is 79.9. The van der Waals surface area contributed by atoms with Gasteiger partial charge < -0.3 is 4.74 Å². The van der Waals surface area contributed by atoms with E-state index < -0.39 is 0 Å². The van der Waals surface area contributed by atoms with Gasteiger partial charge in [-0.2, -0.15) is 0 Å². The fraction of sp³-hybridized carbons (Fsp3) is 0.571. The summed E-state index contributed by atoms with van der Waals surface area (Å²) in [7, 11) is 0. The Labute approximate surface area is 120 Å². The van der Waals surface area contributed by atoms with Crippen molar-refractivity contribution < 1.29 is 4.74 Å². The summed E-state index contributed by atoms with van der Waals surface area (Å²) in [6.45, 7) is 3.78. The fourth-order valence-corrected chi connectivity index (χ4v) is 4.00. The predicted molar refractivity (Wildman–Crippen MR) is 78.6 cm³/mol. The molecular formula is C14H18Br2O. The third-order valence-electron chi connectivity index (χ3n) is 3.37. The molecule has 3 heteroatoms. The smallest absolute Gasteiger partial charge is 0.0891 e. The minimum absolute atomic E-state index is 0.132. The summed E-state index contributed by atoms with van der Waals surface area (Å²) in [4.78, 5) is 0. The van der Waals surface area contributed by atoms with E-state index in [0.717, 1.165) is 6.61 Å². The zero-order valence-corrected chi connectivity index (χ0v) is 13.2.